The van der Waals surface area contributed by atoms with Gasteiger partial charge >= 0.3 is 0 Å². The Morgan fingerprint density at radius 3 is 2.84 bits per heavy atom. The van der Waals surface area contributed by atoms with Gasteiger partial charge in [0.05, 0.1) is 12.0 Å². The van der Waals surface area contributed by atoms with Crippen molar-refractivity contribution in [2.75, 3.05) is 6.61 Å². The lowest BCUT2D eigenvalue weighted by Gasteiger charge is -2.05. The fourth-order valence-corrected chi connectivity index (χ4v) is 1.81. The molecule has 102 valence electrons. The van der Waals surface area contributed by atoms with Crippen molar-refractivity contribution in [1.82, 2.24) is 15.0 Å². The highest BCUT2D eigenvalue weighted by Crippen LogP contribution is 2.20. The van der Waals surface area contributed by atoms with Crippen LogP contribution in [0.25, 0.3) is 0 Å². The topological polar surface area (TPSA) is 39.9 Å². The van der Waals surface area contributed by atoms with Gasteiger partial charge < -0.3 is 4.74 Å². The number of aromatic nitrogens is 3. The molecule has 19 heavy (non-hydrogen) atoms. The van der Waals surface area contributed by atoms with E-state index in [4.69, 9.17) is 16.3 Å². The van der Waals surface area contributed by atoms with Crippen LogP contribution in [0.5, 0.6) is 5.75 Å². The lowest BCUT2D eigenvalue weighted by atomic mass is 10.3. The number of rotatable bonds is 7. The molecule has 0 N–H and O–H groups in total. The number of ether oxygens (including phenoxy) is 1. The summed E-state index contributed by atoms with van der Waals surface area (Å²) in [5, 5.41) is 8.07. The standard InChI is InChI=1S/C14H18ClN3O/c1-2-13(15)14-11-18(17-16-14)9-6-10-19-12-7-4-3-5-8-12/h3-5,7-8,11,13H,2,6,9-10H2,1H3. The maximum absolute atomic E-state index is 6.10. The molecule has 1 unspecified atom stereocenters. The van der Waals surface area contributed by atoms with E-state index in [2.05, 4.69) is 10.3 Å². The first-order valence-corrected chi connectivity index (χ1v) is 6.95. The van der Waals surface area contributed by atoms with Crippen molar-refractivity contribution in [3.05, 3.63) is 42.2 Å². The second-order valence-electron chi connectivity index (χ2n) is 4.30. The Hall–Kier alpha value is -1.55. The van der Waals surface area contributed by atoms with Gasteiger partial charge in [-0.25, -0.2) is 0 Å². The van der Waals surface area contributed by atoms with Crippen molar-refractivity contribution < 1.29 is 4.74 Å². The predicted octanol–water partition coefficient (Wildman–Crippen LogP) is 3.44. The summed E-state index contributed by atoms with van der Waals surface area (Å²) >= 11 is 6.10. The number of nitrogens with zero attached hydrogens (tertiary/aromatic N) is 3. The minimum Gasteiger partial charge on any atom is -0.494 e. The number of para-hydroxylation sites is 1. The van der Waals surface area contributed by atoms with E-state index < -0.39 is 0 Å². The summed E-state index contributed by atoms with van der Waals surface area (Å²) in [6.07, 6.45) is 3.65. The van der Waals surface area contributed by atoms with Crippen molar-refractivity contribution >= 4 is 11.6 Å². The molecule has 1 aromatic carbocycles. The molecule has 0 spiro atoms. The van der Waals surface area contributed by atoms with Crippen LogP contribution >= 0.6 is 11.6 Å². The maximum atomic E-state index is 6.10. The Morgan fingerprint density at radius 2 is 2.11 bits per heavy atom. The van der Waals surface area contributed by atoms with Crippen molar-refractivity contribution in [1.29, 1.82) is 0 Å². The van der Waals surface area contributed by atoms with E-state index in [9.17, 15) is 0 Å². The third-order valence-corrected chi connectivity index (χ3v) is 3.31. The molecular weight excluding hydrogens is 262 g/mol. The van der Waals surface area contributed by atoms with Crippen LogP contribution in [0.1, 0.15) is 30.8 Å². The summed E-state index contributed by atoms with van der Waals surface area (Å²) in [7, 11) is 0. The van der Waals surface area contributed by atoms with E-state index in [1.54, 1.807) is 0 Å². The summed E-state index contributed by atoms with van der Waals surface area (Å²) in [5.41, 5.74) is 0.841. The number of alkyl halides is 1. The van der Waals surface area contributed by atoms with Crippen molar-refractivity contribution in [3.63, 3.8) is 0 Å². The summed E-state index contributed by atoms with van der Waals surface area (Å²) in [4.78, 5) is 0. The molecule has 1 aromatic heterocycles. The first-order chi connectivity index (χ1) is 9.29. The van der Waals surface area contributed by atoms with Crippen LogP contribution in [0.4, 0.5) is 0 Å². The van der Waals surface area contributed by atoms with Crippen LogP contribution in [0, 0.1) is 0 Å². The van der Waals surface area contributed by atoms with Crippen LogP contribution in [-0.2, 0) is 6.54 Å². The average Bonchev–Trinajstić information content (AvgIpc) is 2.93. The second-order valence-corrected chi connectivity index (χ2v) is 4.82. The third kappa shape index (κ3) is 4.24. The second kappa shape index (κ2) is 7.14. The molecule has 0 fully saturated rings. The molecule has 2 aromatic rings. The average molecular weight is 280 g/mol. The lowest BCUT2D eigenvalue weighted by Crippen LogP contribution is -2.05. The van der Waals surface area contributed by atoms with Crippen molar-refractivity contribution in [3.8, 4) is 5.75 Å². The van der Waals surface area contributed by atoms with Crippen LogP contribution < -0.4 is 4.74 Å². The Bertz CT molecular complexity index is 486. The number of halogens is 1. The largest absolute Gasteiger partial charge is 0.494 e. The highest BCUT2D eigenvalue weighted by atomic mass is 35.5. The number of benzene rings is 1. The van der Waals surface area contributed by atoms with Crippen molar-refractivity contribution in [2.24, 2.45) is 0 Å². The van der Waals surface area contributed by atoms with Gasteiger partial charge in [0.25, 0.3) is 0 Å². The molecule has 5 heteroatoms. The Labute approximate surface area is 118 Å². The van der Waals surface area contributed by atoms with E-state index in [-0.39, 0.29) is 5.38 Å². The lowest BCUT2D eigenvalue weighted by molar-refractivity contribution is 0.298. The zero-order valence-corrected chi connectivity index (χ0v) is 11.8. The van der Waals surface area contributed by atoms with Crippen LogP contribution in [0.3, 0.4) is 0 Å². The SMILES string of the molecule is CCC(Cl)c1cn(CCCOc2ccccc2)nn1. The van der Waals surface area contributed by atoms with Crippen LogP contribution in [0.2, 0.25) is 0 Å². The fraction of sp³-hybridized carbons (Fsp3) is 0.429. The molecule has 0 aliphatic carbocycles. The van der Waals surface area contributed by atoms with Gasteiger partial charge in [0.1, 0.15) is 11.4 Å². The monoisotopic (exact) mass is 279 g/mol. The Kier molecular flexibility index (Phi) is 5.21. The molecule has 2 rings (SSSR count). The zero-order valence-electron chi connectivity index (χ0n) is 11.0. The van der Waals surface area contributed by atoms with Gasteiger partial charge in [0.15, 0.2) is 0 Å². The normalized spacial score (nSPS) is 12.3. The van der Waals surface area contributed by atoms with E-state index >= 15 is 0 Å². The molecular formula is C14H18ClN3O. The molecule has 0 aliphatic rings. The summed E-state index contributed by atoms with van der Waals surface area (Å²) in [6.45, 7) is 3.48. The molecule has 0 bridgehead atoms. The minimum absolute atomic E-state index is 0.0469. The first-order valence-electron chi connectivity index (χ1n) is 6.51. The smallest absolute Gasteiger partial charge is 0.119 e. The van der Waals surface area contributed by atoms with Gasteiger partial charge in [-0.1, -0.05) is 30.3 Å². The number of aryl methyl sites for hydroxylation is 1. The maximum Gasteiger partial charge on any atom is 0.119 e. The number of hydrogen-bond donors (Lipinski definition) is 0. The quantitative estimate of drug-likeness (QED) is 0.576. The van der Waals surface area contributed by atoms with Gasteiger partial charge in [0, 0.05) is 19.2 Å². The van der Waals surface area contributed by atoms with E-state index in [1.807, 2.05) is 48.1 Å². The molecule has 1 atom stereocenters. The minimum atomic E-state index is -0.0469. The molecule has 0 saturated carbocycles. The van der Waals surface area contributed by atoms with Crippen molar-refractivity contribution in [2.45, 2.75) is 31.7 Å². The highest BCUT2D eigenvalue weighted by Gasteiger charge is 2.09. The van der Waals surface area contributed by atoms with Crippen LogP contribution in [-0.4, -0.2) is 21.6 Å². The molecule has 0 radical (unpaired) electrons. The molecule has 0 aliphatic heterocycles. The van der Waals surface area contributed by atoms with E-state index in [0.29, 0.717) is 6.61 Å². The van der Waals surface area contributed by atoms with Gasteiger partial charge in [-0.05, 0) is 18.6 Å². The first kappa shape index (κ1) is 13.9. The highest BCUT2D eigenvalue weighted by molar-refractivity contribution is 6.20. The molecule has 4 nitrogen and oxygen atoms in total. The zero-order chi connectivity index (χ0) is 13.5. The summed E-state index contributed by atoms with van der Waals surface area (Å²) < 4.78 is 7.43. The Balaban J connectivity index is 1.72. The van der Waals surface area contributed by atoms with Gasteiger partial charge in [-0.15, -0.1) is 16.7 Å². The molecule has 1 heterocycles. The van der Waals surface area contributed by atoms with Gasteiger partial charge in [-0.2, -0.15) is 0 Å². The fourth-order valence-electron chi connectivity index (χ4n) is 1.71. The predicted molar refractivity (Wildman–Crippen MR) is 75.5 cm³/mol. The summed E-state index contributed by atoms with van der Waals surface area (Å²) in [5.74, 6) is 0.897. The van der Waals surface area contributed by atoms with Gasteiger partial charge in [0.2, 0.25) is 0 Å². The van der Waals surface area contributed by atoms with E-state index in [0.717, 1.165) is 30.8 Å². The number of hydrogen-bond acceptors (Lipinski definition) is 3. The summed E-state index contributed by atoms with van der Waals surface area (Å²) in [6, 6.07) is 9.80. The molecule has 0 saturated heterocycles. The third-order valence-electron chi connectivity index (χ3n) is 2.78. The van der Waals surface area contributed by atoms with Gasteiger partial charge in [-0.3, -0.25) is 4.68 Å². The van der Waals surface area contributed by atoms with Crippen LogP contribution in [0.15, 0.2) is 36.5 Å². The Morgan fingerprint density at radius 1 is 1.32 bits per heavy atom. The molecule has 0 amide bonds. The van der Waals surface area contributed by atoms with E-state index in [1.165, 1.54) is 0 Å².